The van der Waals surface area contributed by atoms with Crippen molar-refractivity contribution in [3.05, 3.63) is 89.4 Å². The van der Waals surface area contributed by atoms with Gasteiger partial charge in [-0.3, -0.25) is 25.2 Å². The molecule has 184 valence electrons. The van der Waals surface area contributed by atoms with Gasteiger partial charge in [-0.25, -0.2) is 0 Å². The number of furan rings is 1. The lowest BCUT2D eigenvalue weighted by atomic mass is 9.87. The molecular weight excluding hydrogens is 446 g/mol. The van der Waals surface area contributed by atoms with Crippen LogP contribution in [-0.2, 0) is 16.8 Å². The maximum Gasteiger partial charge on any atom is 0.286 e. The second-order valence-electron chi connectivity index (χ2n) is 9.10. The molecule has 3 N–H and O–H groups in total. The largest absolute Gasteiger partial charge is 0.489 e. The normalized spacial score (nSPS) is 10.9. The smallest absolute Gasteiger partial charge is 0.286 e. The summed E-state index contributed by atoms with van der Waals surface area (Å²) in [5.74, 6) is -0.115. The monoisotopic (exact) mass is 477 g/mol. The summed E-state index contributed by atoms with van der Waals surface area (Å²) in [5, 5.41) is 2.66. The lowest BCUT2D eigenvalue weighted by Gasteiger charge is -2.19. The maximum atomic E-state index is 12.3. The van der Waals surface area contributed by atoms with Gasteiger partial charge >= 0.3 is 0 Å². The first-order valence-electron chi connectivity index (χ1n) is 11.5. The molecular formula is C27H31N3O5. The van der Waals surface area contributed by atoms with Crippen LogP contribution in [-0.4, -0.2) is 24.3 Å². The molecule has 35 heavy (non-hydrogen) atoms. The number of hydrogen-bond donors (Lipinski definition) is 3. The molecule has 0 saturated carbocycles. The van der Waals surface area contributed by atoms with Crippen molar-refractivity contribution in [1.82, 2.24) is 16.2 Å². The third-order valence-corrected chi connectivity index (χ3v) is 5.27. The minimum atomic E-state index is -0.422. The van der Waals surface area contributed by atoms with Crippen molar-refractivity contribution in [1.29, 1.82) is 0 Å². The van der Waals surface area contributed by atoms with Gasteiger partial charge in [0.15, 0.2) is 5.76 Å². The zero-order valence-corrected chi connectivity index (χ0v) is 20.2. The molecule has 8 heteroatoms. The van der Waals surface area contributed by atoms with E-state index in [0.29, 0.717) is 25.1 Å². The number of amides is 3. The van der Waals surface area contributed by atoms with E-state index in [-0.39, 0.29) is 29.4 Å². The van der Waals surface area contributed by atoms with Crippen molar-refractivity contribution in [3.63, 3.8) is 0 Å². The van der Waals surface area contributed by atoms with E-state index in [0.717, 1.165) is 11.3 Å². The van der Waals surface area contributed by atoms with Crippen LogP contribution in [0.1, 0.15) is 65.7 Å². The summed E-state index contributed by atoms with van der Waals surface area (Å²) in [7, 11) is 0. The molecule has 1 aromatic heterocycles. The molecule has 3 amide bonds. The second-order valence-corrected chi connectivity index (χ2v) is 9.10. The fourth-order valence-electron chi connectivity index (χ4n) is 3.18. The SMILES string of the molecule is CC(C)(C)c1ccc(OCc2ccc(C(=O)NNC(=O)CCCNC(=O)c3ccco3)cc2)cc1. The Morgan fingerprint density at radius 2 is 1.60 bits per heavy atom. The molecule has 0 aliphatic heterocycles. The Balaban J connectivity index is 1.35. The predicted octanol–water partition coefficient (Wildman–Crippen LogP) is 4.13. The summed E-state index contributed by atoms with van der Waals surface area (Å²) in [4.78, 5) is 35.9. The Labute approximate surface area is 205 Å². The highest BCUT2D eigenvalue weighted by Crippen LogP contribution is 2.24. The first-order valence-corrected chi connectivity index (χ1v) is 11.5. The summed E-state index contributed by atoms with van der Waals surface area (Å²) in [5.41, 5.74) is 7.43. The summed E-state index contributed by atoms with van der Waals surface area (Å²) >= 11 is 0. The van der Waals surface area contributed by atoms with Gasteiger partial charge in [0.25, 0.3) is 11.8 Å². The van der Waals surface area contributed by atoms with Crippen molar-refractivity contribution in [2.75, 3.05) is 6.54 Å². The molecule has 0 bridgehead atoms. The number of hydrogen-bond acceptors (Lipinski definition) is 5. The zero-order chi connectivity index (χ0) is 25.3. The highest BCUT2D eigenvalue weighted by atomic mass is 16.5. The van der Waals surface area contributed by atoms with Gasteiger partial charge in [-0.05, 0) is 59.4 Å². The minimum absolute atomic E-state index is 0.0900. The predicted molar refractivity (Wildman–Crippen MR) is 132 cm³/mol. The molecule has 0 saturated heterocycles. The number of nitrogens with one attached hydrogen (secondary N) is 3. The highest BCUT2D eigenvalue weighted by molar-refractivity contribution is 5.95. The van der Waals surface area contributed by atoms with Crippen LogP contribution in [0.15, 0.2) is 71.3 Å². The first kappa shape index (κ1) is 25.6. The van der Waals surface area contributed by atoms with Crippen LogP contribution in [0.3, 0.4) is 0 Å². The minimum Gasteiger partial charge on any atom is -0.489 e. The molecule has 2 aromatic carbocycles. The molecule has 3 aromatic rings. The van der Waals surface area contributed by atoms with E-state index in [4.69, 9.17) is 9.15 Å². The fraction of sp³-hybridized carbons (Fsp3) is 0.296. The standard InChI is InChI=1S/C27H31N3O5/c1-27(2,3)21-12-14-22(15-13-21)35-18-19-8-10-20(11-9-19)25(32)30-29-24(31)7-4-16-28-26(33)23-6-5-17-34-23/h5-6,8-15,17H,4,7,16,18H2,1-3H3,(H,28,33)(H,29,31)(H,30,32). The Hall–Kier alpha value is -4.07. The van der Waals surface area contributed by atoms with Gasteiger partial charge in [-0.2, -0.15) is 0 Å². The summed E-state index contributed by atoms with van der Waals surface area (Å²) in [6, 6.07) is 18.2. The Morgan fingerprint density at radius 1 is 0.886 bits per heavy atom. The quantitative estimate of drug-likeness (QED) is 0.317. The van der Waals surface area contributed by atoms with Crippen LogP contribution in [0.4, 0.5) is 0 Å². The molecule has 1 heterocycles. The van der Waals surface area contributed by atoms with E-state index in [2.05, 4.69) is 49.1 Å². The molecule has 8 nitrogen and oxygen atoms in total. The Morgan fingerprint density at radius 3 is 2.23 bits per heavy atom. The summed E-state index contributed by atoms with van der Waals surface area (Å²) < 4.78 is 10.8. The Bertz CT molecular complexity index is 1120. The third kappa shape index (κ3) is 8.03. The molecule has 0 radical (unpaired) electrons. The van der Waals surface area contributed by atoms with Crippen LogP contribution < -0.4 is 20.9 Å². The zero-order valence-electron chi connectivity index (χ0n) is 20.2. The van der Waals surface area contributed by atoms with Crippen LogP contribution in [0.5, 0.6) is 5.75 Å². The van der Waals surface area contributed by atoms with Gasteiger partial charge in [0.2, 0.25) is 5.91 Å². The van der Waals surface area contributed by atoms with Gasteiger partial charge in [0.1, 0.15) is 12.4 Å². The topological polar surface area (TPSA) is 110 Å². The third-order valence-electron chi connectivity index (χ3n) is 5.27. The number of benzene rings is 2. The number of rotatable bonds is 9. The van der Waals surface area contributed by atoms with Gasteiger partial charge in [0.05, 0.1) is 6.26 Å². The number of ether oxygens (including phenoxy) is 1. The fourth-order valence-corrected chi connectivity index (χ4v) is 3.18. The number of carbonyl (C=O) groups excluding carboxylic acids is 3. The molecule has 0 aliphatic carbocycles. The van der Waals surface area contributed by atoms with Gasteiger partial charge in [-0.1, -0.05) is 45.0 Å². The van der Waals surface area contributed by atoms with Gasteiger partial charge in [-0.15, -0.1) is 0 Å². The average molecular weight is 478 g/mol. The number of hydrazine groups is 1. The second kappa shape index (κ2) is 11.9. The summed E-state index contributed by atoms with van der Waals surface area (Å²) in [6.45, 7) is 7.18. The highest BCUT2D eigenvalue weighted by Gasteiger charge is 2.13. The van der Waals surface area contributed by atoms with Crippen LogP contribution >= 0.6 is 0 Å². The van der Waals surface area contributed by atoms with Crippen molar-refractivity contribution >= 4 is 17.7 Å². The molecule has 0 aliphatic rings. The van der Waals surface area contributed by atoms with Crippen molar-refractivity contribution in [2.24, 2.45) is 0 Å². The van der Waals surface area contributed by atoms with Crippen molar-refractivity contribution in [2.45, 2.75) is 45.6 Å². The van der Waals surface area contributed by atoms with Crippen LogP contribution in [0.25, 0.3) is 0 Å². The van der Waals surface area contributed by atoms with E-state index >= 15 is 0 Å². The van der Waals surface area contributed by atoms with Gasteiger partial charge in [0, 0.05) is 18.5 Å². The van der Waals surface area contributed by atoms with E-state index in [1.165, 1.54) is 11.8 Å². The molecule has 0 unspecified atom stereocenters. The molecule has 0 spiro atoms. The lowest BCUT2D eigenvalue weighted by molar-refractivity contribution is -0.121. The average Bonchev–Trinajstić information content (AvgIpc) is 3.39. The van der Waals surface area contributed by atoms with Crippen LogP contribution in [0, 0.1) is 0 Å². The maximum absolute atomic E-state index is 12.3. The van der Waals surface area contributed by atoms with E-state index in [1.807, 2.05) is 24.3 Å². The Kier molecular flexibility index (Phi) is 8.67. The molecule has 0 atom stereocenters. The van der Waals surface area contributed by atoms with Crippen molar-refractivity contribution in [3.8, 4) is 5.75 Å². The van der Waals surface area contributed by atoms with E-state index in [1.54, 1.807) is 24.3 Å². The van der Waals surface area contributed by atoms with Gasteiger partial charge < -0.3 is 14.5 Å². The van der Waals surface area contributed by atoms with E-state index < -0.39 is 5.91 Å². The lowest BCUT2D eigenvalue weighted by Crippen LogP contribution is -2.41. The summed E-state index contributed by atoms with van der Waals surface area (Å²) in [6.07, 6.45) is 1.98. The first-order chi connectivity index (χ1) is 16.7. The van der Waals surface area contributed by atoms with E-state index in [9.17, 15) is 14.4 Å². The molecule has 0 fully saturated rings. The van der Waals surface area contributed by atoms with Crippen LogP contribution in [0.2, 0.25) is 0 Å². The van der Waals surface area contributed by atoms with Crippen molar-refractivity contribution < 1.29 is 23.5 Å². The number of carbonyl (C=O) groups is 3. The molecule has 3 rings (SSSR count).